The molecule has 0 aromatic rings. The van der Waals surface area contributed by atoms with Crippen LogP contribution in [0.2, 0.25) is 0 Å². The van der Waals surface area contributed by atoms with Crippen LogP contribution >= 0.6 is 23.2 Å². The minimum atomic E-state index is 0. The van der Waals surface area contributed by atoms with Gasteiger partial charge in [-0.3, -0.25) is 0 Å². The molecule has 0 aliphatic heterocycles. The Balaban J connectivity index is 0. The van der Waals surface area contributed by atoms with Crippen LogP contribution in [0.15, 0.2) is 0 Å². The Morgan fingerprint density at radius 1 is 1.25 bits per heavy atom. The molecule has 0 rings (SSSR count). The molecule has 0 heterocycles. The Kier molecular flexibility index (Phi) is 19.9. The minimum Gasteiger partial charge on any atom is -0.109 e. The molecule has 3 heteroatoms. The maximum absolute atomic E-state index is 4.76. The van der Waals surface area contributed by atoms with E-state index >= 15 is 0 Å². The number of alkyl halides is 2. The molecule has 0 aromatic carbocycles. The van der Waals surface area contributed by atoms with Crippen LogP contribution < -0.4 is 0 Å². The van der Waals surface area contributed by atoms with E-state index in [0.29, 0.717) is 0 Å². The molecule has 0 unspecified atom stereocenters. The molecule has 0 N–H and O–H groups in total. The predicted octanol–water partition coefficient (Wildman–Crippen LogP) is 1.42. The zero-order valence-corrected chi connectivity index (χ0v) is 5.44. The average Bonchev–Trinajstić information content (AvgIpc) is 0.918. The monoisotopic (exact) mass is 281 g/mol. The summed E-state index contributed by atoms with van der Waals surface area (Å²) in [5.41, 5.74) is 0. The van der Waals surface area contributed by atoms with Gasteiger partial charge in [0.1, 0.15) is 0 Å². The summed E-state index contributed by atoms with van der Waals surface area (Å²) in [7, 11) is 0. The van der Waals surface area contributed by atoms with Gasteiger partial charge in [0, 0.05) is 22.4 Å². The summed E-state index contributed by atoms with van der Waals surface area (Å²) in [5, 5.41) is 0.194. The van der Waals surface area contributed by atoms with Crippen LogP contribution in [0.5, 0.6) is 0 Å². The maximum atomic E-state index is 4.76. The number of halogens is 2. The van der Waals surface area contributed by atoms with Gasteiger partial charge in [-0.2, -0.15) is 0 Å². The van der Waals surface area contributed by atoms with Gasteiger partial charge in [0.2, 0.25) is 0 Å². The molecule has 0 saturated heterocycles. The van der Waals surface area contributed by atoms with E-state index < -0.39 is 0 Å². The van der Waals surface area contributed by atoms with Gasteiger partial charge in [0.25, 0.3) is 0 Å². The molecule has 0 atom stereocenters. The summed E-state index contributed by atoms with van der Waals surface area (Å²) in [5.74, 6) is 0. The summed E-state index contributed by atoms with van der Waals surface area (Å²) in [6.45, 7) is 0. The van der Waals surface area contributed by atoms with Gasteiger partial charge < -0.3 is 0 Å². The number of hydrogen-bond donors (Lipinski definition) is 0. The van der Waals surface area contributed by atoms with Gasteiger partial charge in [0.05, 0.1) is 5.34 Å². The molecule has 31 valence electrons. The van der Waals surface area contributed by atoms with Gasteiger partial charge in [-0.25, -0.2) is 0 Å². The largest absolute Gasteiger partial charge is 0.109 e. The molecule has 0 nitrogen and oxygen atoms in total. The Bertz CT molecular complexity index is 6.00. The van der Waals surface area contributed by atoms with Crippen molar-refractivity contribution in [1.29, 1.82) is 0 Å². The molecular weight excluding hydrogens is 280 g/mol. The molecule has 0 aliphatic rings. The topological polar surface area (TPSA) is 0 Å². The quantitative estimate of drug-likeness (QED) is 0.465. The van der Waals surface area contributed by atoms with Crippen molar-refractivity contribution in [3.05, 3.63) is 0 Å². The summed E-state index contributed by atoms with van der Waals surface area (Å²) in [4.78, 5) is 0. The van der Waals surface area contributed by atoms with E-state index in [-0.39, 0.29) is 27.7 Å². The Hall–Kier alpha value is 1.32. The second-order valence-corrected chi connectivity index (χ2v) is 0.909. The van der Waals surface area contributed by atoms with Gasteiger partial charge in [-0.05, 0) is 0 Å². The first-order valence-corrected chi connectivity index (χ1v) is 1.60. The van der Waals surface area contributed by atoms with E-state index in [4.69, 9.17) is 23.2 Å². The van der Waals surface area contributed by atoms with Crippen molar-refractivity contribution in [1.82, 2.24) is 0 Å². The van der Waals surface area contributed by atoms with Crippen molar-refractivity contribution in [2.75, 3.05) is 5.34 Å². The first-order chi connectivity index (χ1) is 1.41. The molecular formula is CH2AuCl2. The van der Waals surface area contributed by atoms with Crippen LogP contribution in [0.3, 0.4) is 0 Å². The fourth-order valence-corrected chi connectivity index (χ4v) is 0. The average molecular weight is 282 g/mol. The Morgan fingerprint density at radius 2 is 1.25 bits per heavy atom. The van der Waals surface area contributed by atoms with Crippen molar-refractivity contribution in [2.45, 2.75) is 0 Å². The SMILES string of the molecule is ClCCl.[Au]. The molecule has 4 heavy (non-hydrogen) atoms. The van der Waals surface area contributed by atoms with Crippen molar-refractivity contribution in [2.24, 2.45) is 0 Å². The molecule has 0 spiro atoms. The molecule has 0 aromatic heterocycles. The maximum Gasteiger partial charge on any atom is 0.0967 e. The van der Waals surface area contributed by atoms with Crippen LogP contribution in [0.25, 0.3) is 0 Å². The Morgan fingerprint density at radius 3 is 1.25 bits per heavy atom. The van der Waals surface area contributed by atoms with Crippen molar-refractivity contribution in [3.63, 3.8) is 0 Å². The van der Waals surface area contributed by atoms with E-state index in [1.54, 1.807) is 0 Å². The van der Waals surface area contributed by atoms with E-state index in [1.807, 2.05) is 0 Å². The minimum absolute atomic E-state index is 0. The predicted molar refractivity (Wildman–Crippen MR) is 16.6 cm³/mol. The van der Waals surface area contributed by atoms with Gasteiger partial charge in [-0.1, -0.05) is 0 Å². The third kappa shape index (κ3) is 10.3. The second-order valence-electron chi connectivity index (χ2n) is 0.101. The van der Waals surface area contributed by atoms with Crippen molar-refractivity contribution < 1.29 is 22.4 Å². The molecule has 0 saturated carbocycles. The summed E-state index contributed by atoms with van der Waals surface area (Å²) < 4.78 is 0. The van der Waals surface area contributed by atoms with Crippen LogP contribution in [-0.2, 0) is 22.4 Å². The second kappa shape index (κ2) is 8.85. The van der Waals surface area contributed by atoms with Crippen LogP contribution in [0.1, 0.15) is 0 Å². The van der Waals surface area contributed by atoms with Crippen molar-refractivity contribution >= 4 is 23.2 Å². The molecule has 0 bridgehead atoms. The first kappa shape index (κ1) is 9.01. The summed E-state index contributed by atoms with van der Waals surface area (Å²) >= 11 is 9.53. The summed E-state index contributed by atoms with van der Waals surface area (Å²) in [6, 6.07) is 0. The molecule has 1 radical (unpaired) electrons. The van der Waals surface area contributed by atoms with Crippen LogP contribution in [0.4, 0.5) is 0 Å². The van der Waals surface area contributed by atoms with Gasteiger partial charge in [-0.15, -0.1) is 23.2 Å². The molecule has 0 fully saturated rings. The first-order valence-electron chi connectivity index (χ1n) is 0.535. The third-order valence-corrected chi connectivity index (χ3v) is 0. The summed E-state index contributed by atoms with van der Waals surface area (Å²) in [6.07, 6.45) is 0. The van der Waals surface area contributed by atoms with Crippen LogP contribution in [-0.4, -0.2) is 5.34 Å². The third-order valence-electron chi connectivity index (χ3n) is 0. The van der Waals surface area contributed by atoms with Gasteiger partial charge in [0.15, 0.2) is 0 Å². The van der Waals surface area contributed by atoms with Crippen molar-refractivity contribution in [3.8, 4) is 0 Å². The molecule has 0 aliphatic carbocycles. The number of hydrogen-bond acceptors (Lipinski definition) is 0. The normalized spacial score (nSPS) is 4.50. The van der Waals surface area contributed by atoms with Gasteiger partial charge >= 0.3 is 0 Å². The zero-order chi connectivity index (χ0) is 2.71. The molecule has 0 amide bonds. The standard InChI is InChI=1S/CH2Cl2.Au/c2-1-3;/h1H2;. The van der Waals surface area contributed by atoms with E-state index in [9.17, 15) is 0 Å². The van der Waals surface area contributed by atoms with E-state index in [0.717, 1.165) is 0 Å². The number of rotatable bonds is 0. The fourth-order valence-electron chi connectivity index (χ4n) is 0. The van der Waals surface area contributed by atoms with E-state index in [2.05, 4.69) is 0 Å². The van der Waals surface area contributed by atoms with Crippen LogP contribution in [0, 0.1) is 0 Å². The zero-order valence-electron chi connectivity index (χ0n) is 1.76. The Labute approximate surface area is 51.0 Å². The fraction of sp³-hybridized carbons (Fsp3) is 1.00. The van der Waals surface area contributed by atoms with E-state index in [1.165, 1.54) is 0 Å². The smallest absolute Gasteiger partial charge is 0.0967 e.